The summed E-state index contributed by atoms with van der Waals surface area (Å²) < 4.78 is 34.2. The molecule has 260 valence electrons. The summed E-state index contributed by atoms with van der Waals surface area (Å²) in [6.07, 6.45) is 4.52. The van der Waals surface area contributed by atoms with Crippen LogP contribution in [0, 0.1) is 11.8 Å². The minimum atomic E-state index is -3.96. The average Bonchev–Trinajstić information content (AvgIpc) is 3.10. The lowest BCUT2D eigenvalue weighted by Gasteiger charge is -2.31. The predicted molar refractivity (Wildman–Crippen MR) is 190 cm³/mol. The number of benzene rings is 3. The monoisotopic (exact) mass is 677 g/mol. The molecule has 0 bridgehead atoms. The van der Waals surface area contributed by atoms with Crippen molar-refractivity contribution in [3.05, 3.63) is 89.5 Å². The Labute approximate surface area is 286 Å². The number of aliphatic hydroxyl groups excluding tert-OH is 1. The van der Waals surface area contributed by atoms with Crippen molar-refractivity contribution in [1.29, 1.82) is 0 Å². The Morgan fingerprint density at radius 1 is 0.938 bits per heavy atom. The summed E-state index contributed by atoms with van der Waals surface area (Å²) in [5.41, 5.74) is 2.39. The smallest absolute Gasteiger partial charge is 0.253 e. The Hall–Kier alpha value is -3.73. The lowest BCUT2D eigenvalue weighted by atomic mass is 9.87. The highest BCUT2D eigenvalue weighted by molar-refractivity contribution is 7.89. The van der Waals surface area contributed by atoms with Crippen molar-refractivity contribution in [2.24, 2.45) is 11.8 Å². The van der Waals surface area contributed by atoms with Gasteiger partial charge >= 0.3 is 0 Å². The van der Waals surface area contributed by atoms with E-state index in [0.29, 0.717) is 29.0 Å². The van der Waals surface area contributed by atoms with Gasteiger partial charge in [-0.1, -0.05) is 63.4 Å². The number of Topliss-reactive ketones (excluding diaryl/α,β-unsaturated/α-hetero) is 1. The maximum Gasteiger partial charge on any atom is 0.253 e. The highest BCUT2D eigenvalue weighted by Gasteiger charge is 2.32. The van der Waals surface area contributed by atoms with Crippen molar-refractivity contribution in [2.75, 3.05) is 39.6 Å². The number of ketones is 1. The Morgan fingerprint density at radius 3 is 2.19 bits per heavy atom. The zero-order chi connectivity index (χ0) is 34.8. The molecule has 0 unspecified atom stereocenters. The van der Waals surface area contributed by atoms with Gasteiger partial charge in [0.1, 0.15) is 5.75 Å². The highest BCUT2D eigenvalue weighted by atomic mass is 32.2. The Bertz CT molecular complexity index is 1610. The number of rotatable bonds is 16. The van der Waals surface area contributed by atoms with Crippen LogP contribution < -0.4 is 10.1 Å². The second-order valence-electron chi connectivity index (χ2n) is 13.3. The topological polar surface area (TPSA) is 116 Å². The van der Waals surface area contributed by atoms with Gasteiger partial charge in [0.2, 0.25) is 10.0 Å². The molecule has 48 heavy (non-hydrogen) atoms. The third-order valence-electron chi connectivity index (χ3n) is 9.22. The summed E-state index contributed by atoms with van der Waals surface area (Å²) in [6, 6.07) is 21.1. The number of aliphatic hydroxyl groups is 1. The second kappa shape index (κ2) is 17.1. The van der Waals surface area contributed by atoms with E-state index < -0.39 is 22.0 Å². The lowest BCUT2D eigenvalue weighted by Crippen LogP contribution is -2.43. The molecule has 3 aromatic carbocycles. The Balaban J connectivity index is 1.61. The van der Waals surface area contributed by atoms with E-state index in [4.69, 9.17) is 4.74 Å². The van der Waals surface area contributed by atoms with Crippen LogP contribution in [0.3, 0.4) is 0 Å². The number of sulfonamides is 1. The number of nitrogens with zero attached hydrogens (tertiary/aromatic N) is 2. The van der Waals surface area contributed by atoms with Crippen LogP contribution in [-0.4, -0.2) is 80.9 Å². The van der Waals surface area contributed by atoms with Gasteiger partial charge in [0, 0.05) is 56.5 Å². The predicted octanol–water partition coefficient (Wildman–Crippen LogP) is 6.28. The number of ether oxygens (including phenoxy) is 1. The van der Waals surface area contributed by atoms with Crippen molar-refractivity contribution in [3.8, 4) is 5.75 Å². The molecule has 2 N–H and O–H groups in total. The van der Waals surface area contributed by atoms with Crippen LogP contribution >= 0.6 is 0 Å². The summed E-state index contributed by atoms with van der Waals surface area (Å²) in [5.74, 6) is -0.412. The summed E-state index contributed by atoms with van der Waals surface area (Å²) in [6.45, 7) is 3.87. The molecule has 0 radical (unpaired) electrons. The lowest BCUT2D eigenvalue weighted by molar-refractivity contribution is 0.0688. The molecule has 9 nitrogen and oxygen atoms in total. The van der Waals surface area contributed by atoms with Crippen LogP contribution in [-0.2, 0) is 16.4 Å². The quantitative estimate of drug-likeness (QED) is 0.172. The van der Waals surface area contributed by atoms with E-state index in [2.05, 4.69) is 5.32 Å². The van der Waals surface area contributed by atoms with Crippen LogP contribution in [0.25, 0.3) is 0 Å². The van der Waals surface area contributed by atoms with Crippen molar-refractivity contribution in [1.82, 2.24) is 9.21 Å². The number of nitrogens with one attached hydrogen (secondary N) is 1. The van der Waals surface area contributed by atoms with Crippen molar-refractivity contribution >= 4 is 27.4 Å². The minimum absolute atomic E-state index is 0.00795. The van der Waals surface area contributed by atoms with E-state index in [-0.39, 0.29) is 48.1 Å². The van der Waals surface area contributed by atoms with Crippen LogP contribution in [0.4, 0.5) is 5.69 Å². The van der Waals surface area contributed by atoms with Gasteiger partial charge in [-0.3, -0.25) is 9.59 Å². The maximum atomic E-state index is 14.0. The Kier molecular flexibility index (Phi) is 13.2. The molecule has 0 saturated heterocycles. The van der Waals surface area contributed by atoms with Crippen LogP contribution in [0.1, 0.15) is 78.7 Å². The van der Waals surface area contributed by atoms with Gasteiger partial charge in [-0.25, -0.2) is 8.42 Å². The van der Waals surface area contributed by atoms with Crippen LogP contribution in [0.5, 0.6) is 5.75 Å². The third kappa shape index (κ3) is 9.67. The molecule has 1 fully saturated rings. The fourth-order valence-electron chi connectivity index (χ4n) is 6.44. The zero-order valence-corrected chi connectivity index (χ0v) is 29.7. The van der Waals surface area contributed by atoms with Gasteiger partial charge in [-0.2, -0.15) is 4.31 Å². The Morgan fingerprint density at radius 2 is 1.58 bits per heavy atom. The SMILES string of the molecule is CNc1cc(C(=O)C[C@@H](Cc2ccccc2)[C@H](O)CN(CC(C)C)S(=O)(=O)c2ccc(OC)cc2)cc(C(=O)N(C)C2CCCCC2)c1. The summed E-state index contributed by atoms with van der Waals surface area (Å²) in [7, 11) is 1.14. The number of anilines is 1. The van der Waals surface area contributed by atoms with E-state index in [1.54, 1.807) is 42.3 Å². The first kappa shape index (κ1) is 37.1. The maximum absolute atomic E-state index is 14.0. The number of hydrogen-bond donors (Lipinski definition) is 2. The average molecular weight is 678 g/mol. The summed E-state index contributed by atoms with van der Waals surface area (Å²) in [5, 5.41) is 14.8. The number of hydrogen-bond acceptors (Lipinski definition) is 7. The molecule has 0 heterocycles. The van der Waals surface area contributed by atoms with Crippen LogP contribution in [0.2, 0.25) is 0 Å². The minimum Gasteiger partial charge on any atom is -0.497 e. The summed E-state index contributed by atoms with van der Waals surface area (Å²) >= 11 is 0. The molecule has 3 aromatic rings. The molecular formula is C38H51N3O6S. The van der Waals surface area contributed by atoms with Crippen LogP contribution in [0.15, 0.2) is 77.7 Å². The number of carbonyl (C=O) groups excluding carboxylic acids is 2. The van der Waals surface area contributed by atoms with E-state index in [1.807, 2.05) is 51.2 Å². The largest absolute Gasteiger partial charge is 0.497 e. The fourth-order valence-corrected chi connectivity index (χ4v) is 8.07. The van der Waals surface area contributed by atoms with Crippen molar-refractivity contribution in [3.63, 3.8) is 0 Å². The molecule has 1 aliphatic carbocycles. The first-order valence-electron chi connectivity index (χ1n) is 16.9. The molecule has 10 heteroatoms. The molecule has 0 spiro atoms. The van der Waals surface area contributed by atoms with Gasteiger partial charge in [0.25, 0.3) is 5.91 Å². The zero-order valence-electron chi connectivity index (χ0n) is 28.9. The van der Waals surface area contributed by atoms with E-state index in [9.17, 15) is 23.1 Å². The molecule has 1 saturated carbocycles. The van der Waals surface area contributed by atoms with Gasteiger partial charge in [0.05, 0.1) is 18.1 Å². The van der Waals surface area contributed by atoms with Gasteiger partial charge in [0.15, 0.2) is 5.78 Å². The molecule has 1 amide bonds. The van der Waals surface area contributed by atoms with Gasteiger partial charge in [-0.15, -0.1) is 0 Å². The van der Waals surface area contributed by atoms with Crippen molar-refractivity contribution in [2.45, 2.75) is 75.8 Å². The molecule has 1 aliphatic rings. The van der Waals surface area contributed by atoms with Gasteiger partial charge < -0.3 is 20.1 Å². The number of carbonyl (C=O) groups is 2. The first-order valence-corrected chi connectivity index (χ1v) is 18.4. The third-order valence-corrected chi connectivity index (χ3v) is 11.1. The van der Waals surface area contributed by atoms with Crippen molar-refractivity contribution < 1.29 is 27.9 Å². The normalized spacial score (nSPS) is 15.2. The second-order valence-corrected chi connectivity index (χ2v) is 15.2. The molecular weight excluding hydrogens is 626 g/mol. The summed E-state index contributed by atoms with van der Waals surface area (Å²) in [4.78, 5) is 29.5. The molecule has 4 rings (SSSR count). The number of methoxy groups -OCH3 is 1. The molecule has 2 atom stereocenters. The standard InChI is InChI=1S/C38H51N3O6S/c1-27(2)25-41(48(45,46)35-18-16-34(47-5)17-19-35)26-37(43)29(20-28-12-8-6-9-13-28)24-36(42)30-21-31(23-32(22-30)39-3)38(44)40(4)33-14-10-7-11-15-33/h6,8-9,12-13,16-19,21-23,27,29,33,37,39,43H,7,10-11,14-15,20,24-26H2,1-5H3/t29-,37-/m1/s1. The van der Waals surface area contributed by atoms with E-state index in [0.717, 1.165) is 31.2 Å². The molecule has 0 aliphatic heterocycles. The van der Waals surface area contributed by atoms with Gasteiger partial charge in [-0.05, 0) is 79.1 Å². The van der Waals surface area contributed by atoms with E-state index >= 15 is 0 Å². The highest BCUT2D eigenvalue weighted by Crippen LogP contribution is 2.28. The first-order chi connectivity index (χ1) is 22.9. The number of amides is 1. The van der Waals surface area contributed by atoms with E-state index in [1.165, 1.54) is 30.0 Å². The fraction of sp³-hybridized carbons (Fsp3) is 0.474. The molecule has 0 aromatic heterocycles.